The molecule has 0 unspecified atom stereocenters. The number of alkyl halides is 2. The molecule has 0 N–H and O–H groups in total. The van der Waals surface area contributed by atoms with Crippen molar-refractivity contribution in [2.24, 2.45) is 0 Å². The van der Waals surface area contributed by atoms with Crippen LogP contribution in [0.15, 0.2) is 37.1 Å². The summed E-state index contributed by atoms with van der Waals surface area (Å²) in [4.78, 5) is 8.30. The van der Waals surface area contributed by atoms with E-state index in [0.29, 0.717) is 11.3 Å². The van der Waals surface area contributed by atoms with Crippen LogP contribution in [0.25, 0.3) is 16.9 Å². The summed E-state index contributed by atoms with van der Waals surface area (Å²) in [6.07, 6.45) is 5.19. The lowest BCUT2D eigenvalue weighted by Crippen LogP contribution is -2.32. The Morgan fingerprint density at radius 1 is 1.23 bits per heavy atom. The Balaban J connectivity index is 1.81. The van der Waals surface area contributed by atoms with Gasteiger partial charge < -0.3 is 4.74 Å². The molecular formula is C14H13F2N5O. The van der Waals surface area contributed by atoms with Gasteiger partial charge in [0.15, 0.2) is 11.8 Å². The van der Waals surface area contributed by atoms with Gasteiger partial charge in [-0.05, 0) is 13.0 Å². The predicted molar refractivity (Wildman–Crippen MR) is 74.7 cm³/mol. The predicted octanol–water partition coefficient (Wildman–Crippen LogP) is 2.61. The molecule has 0 aromatic carbocycles. The van der Waals surface area contributed by atoms with Crippen molar-refractivity contribution in [1.82, 2.24) is 24.6 Å². The topological polar surface area (TPSA) is 65.2 Å². The SMILES string of the molecule is C[C@@H](Oc1ccc(-c2cn3cnnc3cn2)cn1)C(C)(F)F. The van der Waals surface area contributed by atoms with E-state index in [2.05, 4.69) is 20.2 Å². The Bertz CT molecular complexity index is 782. The third kappa shape index (κ3) is 2.85. The van der Waals surface area contributed by atoms with E-state index in [1.54, 1.807) is 29.2 Å². The summed E-state index contributed by atoms with van der Waals surface area (Å²) in [5, 5.41) is 7.64. The number of aromatic nitrogens is 5. The highest BCUT2D eigenvalue weighted by Crippen LogP contribution is 2.23. The second-order valence-electron chi connectivity index (χ2n) is 4.97. The standard InChI is InChI=1S/C14H13F2N5O/c1-9(14(2,15)16)22-13-4-3-10(5-18-13)11-7-21-8-19-20-12(21)6-17-11/h3-9H,1-2H3/t9-/m1/s1. The van der Waals surface area contributed by atoms with E-state index in [-0.39, 0.29) is 5.88 Å². The monoisotopic (exact) mass is 305 g/mol. The smallest absolute Gasteiger partial charge is 0.281 e. The number of pyridine rings is 1. The summed E-state index contributed by atoms with van der Waals surface area (Å²) in [6, 6.07) is 3.25. The molecule has 0 fully saturated rings. The van der Waals surface area contributed by atoms with Crippen molar-refractivity contribution in [2.75, 3.05) is 0 Å². The van der Waals surface area contributed by atoms with Crippen LogP contribution < -0.4 is 4.74 Å². The fraction of sp³-hybridized carbons (Fsp3) is 0.286. The lowest BCUT2D eigenvalue weighted by Gasteiger charge is -2.20. The molecule has 3 rings (SSSR count). The van der Waals surface area contributed by atoms with Crippen molar-refractivity contribution < 1.29 is 13.5 Å². The maximum Gasteiger partial charge on any atom is 0.281 e. The molecule has 8 heteroatoms. The summed E-state index contributed by atoms with van der Waals surface area (Å²) in [5.74, 6) is -2.79. The fourth-order valence-electron chi connectivity index (χ4n) is 1.77. The molecule has 0 aliphatic heterocycles. The largest absolute Gasteiger partial charge is 0.468 e. The zero-order valence-corrected chi connectivity index (χ0v) is 11.9. The minimum Gasteiger partial charge on any atom is -0.468 e. The van der Waals surface area contributed by atoms with Gasteiger partial charge in [-0.25, -0.2) is 13.8 Å². The average Bonchev–Trinajstić information content (AvgIpc) is 2.94. The molecule has 3 heterocycles. The van der Waals surface area contributed by atoms with Gasteiger partial charge in [0.05, 0.1) is 11.9 Å². The van der Waals surface area contributed by atoms with Crippen molar-refractivity contribution in [1.29, 1.82) is 0 Å². The van der Waals surface area contributed by atoms with Crippen LogP contribution >= 0.6 is 0 Å². The number of hydrogen-bond donors (Lipinski definition) is 0. The fourth-order valence-corrected chi connectivity index (χ4v) is 1.77. The van der Waals surface area contributed by atoms with Crippen LogP contribution in [-0.4, -0.2) is 36.6 Å². The van der Waals surface area contributed by atoms with Crippen molar-refractivity contribution >= 4 is 5.65 Å². The van der Waals surface area contributed by atoms with Gasteiger partial charge >= 0.3 is 0 Å². The number of nitrogens with zero attached hydrogens (tertiary/aromatic N) is 5. The molecule has 0 saturated heterocycles. The Kier molecular flexibility index (Phi) is 3.44. The lowest BCUT2D eigenvalue weighted by atomic mass is 10.2. The van der Waals surface area contributed by atoms with E-state index in [9.17, 15) is 8.78 Å². The maximum atomic E-state index is 13.1. The van der Waals surface area contributed by atoms with Crippen molar-refractivity contribution in [2.45, 2.75) is 25.9 Å². The molecule has 22 heavy (non-hydrogen) atoms. The van der Waals surface area contributed by atoms with Crippen LogP contribution in [0.5, 0.6) is 5.88 Å². The molecule has 0 radical (unpaired) electrons. The van der Waals surface area contributed by atoms with Gasteiger partial charge in [-0.1, -0.05) is 0 Å². The molecule has 0 amide bonds. The molecule has 0 aliphatic rings. The zero-order valence-electron chi connectivity index (χ0n) is 11.9. The van der Waals surface area contributed by atoms with Crippen molar-refractivity contribution in [3.05, 3.63) is 37.1 Å². The van der Waals surface area contributed by atoms with Gasteiger partial charge in [-0.15, -0.1) is 10.2 Å². The molecular weight excluding hydrogens is 292 g/mol. The minimum absolute atomic E-state index is 0.142. The van der Waals surface area contributed by atoms with E-state index in [4.69, 9.17) is 4.74 Å². The average molecular weight is 305 g/mol. The summed E-state index contributed by atoms with van der Waals surface area (Å²) >= 11 is 0. The molecule has 3 aromatic heterocycles. The number of hydrogen-bond acceptors (Lipinski definition) is 5. The maximum absolute atomic E-state index is 13.1. The highest BCUT2D eigenvalue weighted by Gasteiger charge is 2.32. The van der Waals surface area contributed by atoms with E-state index in [1.807, 2.05) is 0 Å². The normalized spacial score (nSPS) is 13.3. The van der Waals surface area contributed by atoms with Gasteiger partial charge in [-0.2, -0.15) is 0 Å². The minimum atomic E-state index is -2.93. The summed E-state index contributed by atoms with van der Waals surface area (Å²) in [7, 11) is 0. The van der Waals surface area contributed by atoms with Crippen LogP contribution in [-0.2, 0) is 0 Å². The number of rotatable bonds is 4. The van der Waals surface area contributed by atoms with Crippen LogP contribution in [0, 0.1) is 0 Å². The molecule has 0 bridgehead atoms. The Hall–Kier alpha value is -2.64. The third-order valence-electron chi connectivity index (χ3n) is 3.22. The molecule has 0 spiro atoms. The molecule has 114 valence electrons. The highest BCUT2D eigenvalue weighted by molar-refractivity contribution is 5.58. The first-order valence-corrected chi connectivity index (χ1v) is 6.60. The summed E-state index contributed by atoms with van der Waals surface area (Å²) < 4.78 is 33.0. The van der Waals surface area contributed by atoms with Crippen LogP contribution in [0.4, 0.5) is 8.78 Å². The Labute approximate surface area is 124 Å². The highest BCUT2D eigenvalue weighted by atomic mass is 19.3. The first-order chi connectivity index (χ1) is 10.4. The van der Waals surface area contributed by atoms with Gasteiger partial charge in [0.25, 0.3) is 5.92 Å². The third-order valence-corrected chi connectivity index (χ3v) is 3.22. The molecule has 3 aromatic rings. The Morgan fingerprint density at radius 3 is 2.73 bits per heavy atom. The summed E-state index contributed by atoms with van der Waals surface area (Å²) in [5.41, 5.74) is 2.04. The second kappa shape index (κ2) is 5.28. The number of halogens is 2. The zero-order chi connectivity index (χ0) is 15.7. The quantitative estimate of drug-likeness (QED) is 0.741. The molecule has 0 saturated carbocycles. The van der Waals surface area contributed by atoms with Gasteiger partial charge in [0.1, 0.15) is 6.33 Å². The van der Waals surface area contributed by atoms with Crippen molar-refractivity contribution in [3.63, 3.8) is 0 Å². The number of ether oxygens (including phenoxy) is 1. The van der Waals surface area contributed by atoms with Gasteiger partial charge in [0.2, 0.25) is 5.88 Å². The molecule has 6 nitrogen and oxygen atoms in total. The first-order valence-electron chi connectivity index (χ1n) is 6.60. The van der Waals surface area contributed by atoms with E-state index < -0.39 is 12.0 Å². The molecule has 1 atom stereocenters. The van der Waals surface area contributed by atoms with E-state index in [0.717, 1.165) is 12.5 Å². The first kappa shape index (κ1) is 14.3. The van der Waals surface area contributed by atoms with E-state index >= 15 is 0 Å². The van der Waals surface area contributed by atoms with E-state index in [1.165, 1.54) is 19.2 Å². The summed E-state index contributed by atoms with van der Waals surface area (Å²) in [6.45, 7) is 2.11. The lowest BCUT2D eigenvalue weighted by molar-refractivity contribution is -0.0732. The van der Waals surface area contributed by atoms with Gasteiger partial charge in [0, 0.05) is 30.9 Å². The Morgan fingerprint density at radius 2 is 2.05 bits per heavy atom. The van der Waals surface area contributed by atoms with Crippen LogP contribution in [0.1, 0.15) is 13.8 Å². The number of fused-ring (bicyclic) bond motifs is 1. The van der Waals surface area contributed by atoms with Gasteiger partial charge in [-0.3, -0.25) is 9.38 Å². The molecule has 0 aliphatic carbocycles. The van der Waals surface area contributed by atoms with Crippen LogP contribution in [0.2, 0.25) is 0 Å². The second-order valence-corrected chi connectivity index (χ2v) is 4.97. The van der Waals surface area contributed by atoms with Crippen molar-refractivity contribution in [3.8, 4) is 17.1 Å². The van der Waals surface area contributed by atoms with Crippen LogP contribution in [0.3, 0.4) is 0 Å².